The molecule has 1 aromatic carbocycles. The van der Waals surface area contributed by atoms with E-state index in [0.717, 1.165) is 24.2 Å². The van der Waals surface area contributed by atoms with Crippen molar-refractivity contribution in [1.82, 2.24) is 4.98 Å². The van der Waals surface area contributed by atoms with Gasteiger partial charge < -0.3 is 9.47 Å². The van der Waals surface area contributed by atoms with Crippen LogP contribution in [0.4, 0.5) is 0 Å². The smallest absolute Gasteiger partial charge is 0.226 e. The highest BCUT2D eigenvalue weighted by Gasteiger charge is 2.19. The van der Waals surface area contributed by atoms with Crippen molar-refractivity contribution in [3.63, 3.8) is 0 Å². The van der Waals surface area contributed by atoms with Gasteiger partial charge in [-0.2, -0.15) is 0 Å². The van der Waals surface area contributed by atoms with Crippen molar-refractivity contribution >= 4 is 0 Å². The number of allylic oxidation sites excluding steroid dienone is 1. The Morgan fingerprint density at radius 1 is 1.11 bits per heavy atom. The van der Waals surface area contributed by atoms with Gasteiger partial charge in [-0.05, 0) is 43.2 Å². The van der Waals surface area contributed by atoms with E-state index in [-0.39, 0.29) is 6.10 Å². The van der Waals surface area contributed by atoms with Crippen LogP contribution in [0.1, 0.15) is 24.5 Å². The number of ether oxygens (including phenoxy) is 2. The molecule has 0 amide bonds. The summed E-state index contributed by atoms with van der Waals surface area (Å²) in [4.78, 5) is 4.32. The van der Waals surface area contributed by atoms with E-state index >= 15 is 0 Å². The molecule has 96 valence electrons. The number of aromatic nitrogens is 1. The Hall–Kier alpha value is -2.29. The van der Waals surface area contributed by atoms with Gasteiger partial charge in [0.05, 0.1) is 11.8 Å². The second-order valence-corrected chi connectivity index (χ2v) is 4.39. The van der Waals surface area contributed by atoms with Gasteiger partial charge in [0, 0.05) is 6.20 Å². The maximum absolute atomic E-state index is 5.85. The molecule has 1 unspecified atom stereocenters. The number of para-hydroxylation sites is 1. The molecule has 1 aliphatic heterocycles. The first-order valence-electron chi connectivity index (χ1n) is 6.42. The van der Waals surface area contributed by atoms with Gasteiger partial charge in [0.25, 0.3) is 0 Å². The molecule has 0 N–H and O–H groups in total. The maximum Gasteiger partial charge on any atom is 0.226 e. The van der Waals surface area contributed by atoms with Crippen LogP contribution < -0.4 is 4.74 Å². The molecule has 1 atom stereocenters. The van der Waals surface area contributed by atoms with Gasteiger partial charge in [0.15, 0.2) is 0 Å². The van der Waals surface area contributed by atoms with Crippen LogP contribution in [-0.2, 0) is 4.74 Å². The Balaban J connectivity index is 1.87. The lowest BCUT2D eigenvalue weighted by molar-refractivity contribution is 0.122. The normalized spacial score (nSPS) is 17.8. The second kappa shape index (κ2) is 5.57. The zero-order valence-corrected chi connectivity index (χ0v) is 10.5. The average Bonchev–Trinajstić information content (AvgIpc) is 2.50. The predicted octanol–water partition coefficient (Wildman–Crippen LogP) is 4.24. The summed E-state index contributed by atoms with van der Waals surface area (Å²) in [5, 5.41) is 0. The van der Waals surface area contributed by atoms with E-state index in [1.54, 1.807) is 12.5 Å². The van der Waals surface area contributed by atoms with E-state index in [2.05, 4.69) is 4.98 Å². The molecule has 0 aliphatic carbocycles. The fraction of sp³-hybridized carbons (Fsp3) is 0.188. The van der Waals surface area contributed by atoms with Gasteiger partial charge in [-0.3, -0.25) is 0 Å². The summed E-state index contributed by atoms with van der Waals surface area (Å²) in [6.45, 7) is 0. The van der Waals surface area contributed by atoms with Crippen molar-refractivity contribution < 1.29 is 9.47 Å². The summed E-state index contributed by atoms with van der Waals surface area (Å²) >= 11 is 0. The lowest BCUT2D eigenvalue weighted by Crippen LogP contribution is -2.06. The highest BCUT2D eigenvalue weighted by molar-refractivity contribution is 5.33. The molecular weight excluding hydrogens is 238 g/mol. The van der Waals surface area contributed by atoms with Crippen LogP contribution in [0.3, 0.4) is 0 Å². The van der Waals surface area contributed by atoms with Gasteiger partial charge in [0.1, 0.15) is 11.9 Å². The molecular formula is C16H15NO2. The largest absolute Gasteiger partial charge is 0.493 e. The Kier molecular flexibility index (Phi) is 3.45. The molecule has 1 aliphatic rings. The van der Waals surface area contributed by atoms with Crippen molar-refractivity contribution in [3.8, 4) is 11.6 Å². The number of hydrogen-bond acceptors (Lipinski definition) is 3. The van der Waals surface area contributed by atoms with E-state index in [0.29, 0.717) is 5.88 Å². The van der Waals surface area contributed by atoms with Gasteiger partial charge in [-0.25, -0.2) is 4.98 Å². The van der Waals surface area contributed by atoms with Crippen molar-refractivity contribution in [1.29, 1.82) is 0 Å². The zero-order valence-electron chi connectivity index (χ0n) is 10.5. The number of hydrogen-bond donors (Lipinski definition) is 0. The third-order valence-corrected chi connectivity index (χ3v) is 3.04. The standard InChI is InChI=1S/C16H15NO2/c1-2-7-13(8-3-1)19-16-14(9-6-11-17-16)15-10-4-5-12-18-15/h1-3,5-9,11-12,15H,4,10H2. The Morgan fingerprint density at radius 3 is 2.79 bits per heavy atom. The maximum atomic E-state index is 5.85. The lowest BCUT2D eigenvalue weighted by Gasteiger charge is -2.21. The molecule has 1 aromatic heterocycles. The number of benzene rings is 1. The summed E-state index contributed by atoms with van der Waals surface area (Å²) in [6.07, 6.45) is 7.52. The minimum atomic E-state index is 0.0254. The predicted molar refractivity (Wildman–Crippen MR) is 73.0 cm³/mol. The van der Waals surface area contributed by atoms with Crippen LogP contribution in [0.15, 0.2) is 61.0 Å². The van der Waals surface area contributed by atoms with E-state index in [1.165, 1.54) is 0 Å². The van der Waals surface area contributed by atoms with Gasteiger partial charge in [0.2, 0.25) is 5.88 Å². The second-order valence-electron chi connectivity index (χ2n) is 4.39. The van der Waals surface area contributed by atoms with Gasteiger partial charge in [-0.1, -0.05) is 18.2 Å². The Bertz CT molecular complexity index is 566. The third kappa shape index (κ3) is 2.76. The van der Waals surface area contributed by atoms with Crippen molar-refractivity contribution in [2.24, 2.45) is 0 Å². The quantitative estimate of drug-likeness (QED) is 0.819. The van der Waals surface area contributed by atoms with Crippen LogP contribution in [0.2, 0.25) is 0 Å². The SMILES string of the molecule is C1=COC(c2cccnc2Oc2ccccc2)CC1. The first kappa shape index (κ1) is 11.8. The summed E-state index contributed by atoms with van der Waals surface area (Å²) in [6, 6.07) is 13.6. The molecule has 3 heteroatoms. The highest BCUT2D eigenvalue weighted by atomic mass is 16.5. The molecule has 0 fully saturated rings. The fourth-order valence-corrected chi connectivity index (χ4v) is 2.10. The zero-order chi connectivity index (χ0) is 12.9. The molecule has 3 rings (SSSR count). The summed E-state index contributed by atoms with van der Waals surface area (Å²) in [7, 11) is 0. The minimum Gasteiger partial charge on any atom is -0.493 e. The molecule has 0 saturated carbocycles. The molecule has 0 bridgehead atoms. The van der Waals surface area contributed by atoms with Crippen LogP contribution >= 0.6 is 0 Å². The highest BCUT2D eigenvalue weighted by Crippen LogP contribution is 2.33. The monoisotopic (exact) mass is 253 g/mol. The fourth-order valence-electron chi connectivity index (χ4n) is 2.10. The molecule has 3 nitrogen and oxygen atoms in total. The third-order valence-electron chi connectivity index (χ3n) is 3.04. The van der Waals surface area contributed by atoms with Crippen LogP contribution in [0, 0.1) is 0 Å². The molecule has 2 aromatic rings. The first-order valence-corrected chi connectivity index (χ1v) is 6.42. The van der Waals surface area contributed by atoms with E-state index in [4.69, 9.17) is 9.47 Å². The number of nitrogens with zero attached hydrogens (tertiary/aromatic N) is 1. The van der Waals surface area contributed by atoms with Crippen molar-refractivity contribution in [2.45, 2.75) is 18.9 Å². The van der Waals surface area contributed by atoms with E-state index in [1.807, 2.05) is 48.5 Å². The molecule has 0 saturated heterocycles. The topological polar surface area (TPSA) is 31.4 Å². The molecule has 19 heavy (non-hydrogen) atoms. The van der Waals surface area contributed by atoms with E-state index < -0.39 is 0 Å². The summed E-state index contributed by atoms with van der Waals surface area (Å²) < 4.78 is 11.5. The lowest BCUT2D eigenvalue weighted by atomic mass is 10.0. The molecule has 0 spiro atoms. The van der Waals surface area contributed by atoms with Crippen molar-refractivity contribution in [3.05, 3.63) is 66.6 Å². The van der Waals surface area contributed by atoms with Crippen LogP contribution in [-0.4, -0.2) is 4.98 Å². The van der Waals surface area contributed by atoms with Gasteiger partial charge in [-0.15, -0.1) is 0 Å². The Morgan fingerprint density at radius 2 is 2.00 bits per heavy atom. The molecule has 0 radical (unpaired) electrons. The number of rotatable bonds is 3. The average molecular weight is 253 g/mol. The van der Waals surface area contributed by atoms with Crippen LogP contribution in [0.5, 0.6) is 11.6 Å². The van der Waals surface area contributed by atoms with Gasteiger partial charge >= 0.3 is 0 Å². The van der Waals surface area contributed by atoms with Crippen molar-refractivity contribution in [2.75, 3.05) is 0 Å². The Labute approximate surface area is 112 Å². The van der Waals surface area contributed by atoms with E-state index in [9.17, 15) is 0 Å². The first-order chi connectivity index (χ1) is 9.43. The summed E-state index contributed by atoms with van der Waals surface area (Å²) in [5.41, 5.74) is 0.996. The minimum absolute atomic E-state index is 0.0254. The summed E-state index contributed by atoms with van der Waals surface area (Å²) in [5.74, 6) is 1.41. The van der Waals surface area contributed by atoms with Crippen LogP contribution in [0.25, 0.3) is 0 Å². The molecule has 2 heterocycles. The number of pyridine rings is 1.